The SMILES string of the molecule is CS(=O)(=O)c1ccc2c(c1)nc(C(F)(F)F)n2C1CCNCC1. The summed E-state index contributed by atoms with van der Waals surface area (Å²) in [5, 5.41) is 3.12. The van der Waals surface area contributed by atoms with Crippen LogP contribution in [0.2, 0.25) is 0 Å². The predicted octanol–water partition coefficient (Wildman–Crippen LogP) is 2.38. The van der Waals surface area contributed by atoms with Crippen LogP contribution in [0.4, 0.5) is 13.2 Å². The first-order valence-electron chi connectivity index (χ1n) is 7.18. The zero-order valence-corrected chi connectivity index (χ0v) is 13.2. The van der Waals surface area contributed by atoms with Crippen LogP contribution in [0.25, 0.3) is 11.0 Å². The van der Waals surface area contributed by atoms with E-state index in [0.29, 0.717) is 31.4 Å². The number of halogens is 3. The molecule has 1 aromatic heterocycles. The molecule has 0 unspecified atom stereocenters. The minimum Gasteiger partial charge on any atom is -0.317 e. The van der Waals surface area contributed by atoms with Gasteiger partial charge in [-0.15, -0.1) is 0 Å². The van der Waals surface area contributed by atoms with Crippen LogP contribution in [0.1, 0.15) is 24.7 Å². The molecule has 9 heteroatoms. The maximum Gasteiger partial charge on any atom is 0.449 e. The normalized spacial score (nSPS) is 17.7. The van der Waals surface area contributed by atoms with Crippen LogP contribution in [-0.2, 0) is 16.0 Å². The van der Waals surface area contributed by atoms with Crippen molar-refractivity contribution < 1.29 is 21.6 Å². The van der Waals surface area contributed by atoms with E-state index in [4.69, 9.17) is 0 Å². The lowest BCUT2D eigenvalue weighted by Crippen LogP contribution is -2.31. The molecule has 3 rings (SSSR count). The lowest BCUT2D eigenvalue weighted by atomic mass is 10.1. The fourth-order valence-corrected chi connectivity index (χ4v) is 3.58. The molecule has 23 heavy (non-hydrogen) atoms. The number of imidazole rings is 1. The topological polar surface area (TPSA) is 64.0 Å². The third kappa shape index (κ3) is 3.07. The van der Waals surface area contributed by atoms with E-state index in [1.165, 1.54) is 22.8 Å². The van der Waals surface area contributed by atoms with Gasteiger partial charge < -0.3 is 9.88 Å². The highest BCUT2D eigenvalue weighted by molar-refractivity contribution is 7.90. The number of hydrogen-bond acceptors (Lipinski definition) is 4. The molecule has 5 nitrogen and oxygen atoms in total. The van der Waals surface area contributed by atoms with Crippen LogP contribution in [0.3, 0.4) is 0 Å². The Hall–Kier alpha value is -1.61. The molecule has 0 spiro atoms. The molecule has 2 aromatic rings. The van der Waals surface area contributed by atoms with Gasteiger partial charge in [-0.3, -0.25) is 0 Å². The van der Waals surface area contributed by atoms with Crippen LogP contribution >= 0.6 is 0 Å². The van der Waals surface area contributed by atoms with Crippen molar-refractivity contribution in [2.75, 3.05) is 19.3 Å². The number of nitrogens with zero attached hydrogens (tertiary/aromatic N) is 2. The van der Waals surface area contributed by atoms with Crippen molar-refractivity contribution in [1.29, 1.82) is 0 Å². The van der Waals surface area contributed by atoms with Crippen molar-refractivity contribution >= 4 is 20.9 Å². The number of rotatable bonds is 2. The van der Waals surface area contributed by atoms with Crippen molar-refractivity contribution in [3.05, 3.63) is 24.0 Å². The summed E-state index contributed by atoms with van der Waals surface area (Å²) in [6, 6.07) is 3.65. The van der Waals surface area contributed by atoms with Crippen molar-refractivity contribution in [2.45, 2.75) is 30.0 Å². The van der Waals surface area contributed by atoms with Crippen LogP contribution in [0.15, 0.2) is 23.1 Å². The molecule has 0 radical (unpaired) electrons. The van der Waals surface area contributed by atoms with Gasteiger partial charge in [0, 0.05) is 12.3 Å². The summed E-state index contributed by atoms with van der Waals surface area (Å²) in [7, 11) is -3.50. The first-order chi connectivity index (χ1) is 10.7. The molecule has 2 heterocycles. The monoisotopic (exact) mass is 347 g/mol. The Labute approximate surface area is 131 Å². The zero-order chi connectivity index (χ0) is 16.8. The standard InChI is InChI=1S/C14H16F3N3O2S/c1-23(21,22)10-2-3-12-11(8-10)19-13(14(15,16)17)20(12)9-4-6-18-7-5-9/h2-3,8-9,18H,4-7H2,1H3. The summed E-state index contributed by atoms with van der Waals surface area (Å²) in [6.07, 6.45) is -2.43. The summed E-state index contributed by atoms with van der Waals surface area (Å²) < 4.78 is 64.5. The Kier molecular flexibility index (Phi) is 3.88. The molecular formula is C14H16F3N3O2S. The number of hydrogen-bond donors (Lipinski definition) is 1. The van der Waals surface area contributed by atoms with Gasteiger partial charge in [0.15, 0.2) is 9.84 Å². The Balaban J connectivity index is 2.22. The quantitative estimate of drug-likeness (QED) is 0.906. The van der Waals surface area contributed by atoms with E-state index in [1.807, 2.05) is 0 Å². The van der Waals surface area contributed by atoms with Gasteiger partial charge in [0.1, 0.15) is 0 Å². The fourth-order valence-electron chi connectivity index (χ4n) is 2.94. The second kappa shape index (κ2) is 5.48. The van der Waals surface area contributed by atoms with Crippen LogP contribution in [0, 0.1) is 0 Å². The summed E-state index contributed by atoms with van der Waals surface area (Å²) >= 11 is 0. The summed E-state index contributed by atoms with van der Waals surface area (Å²) in [6.45, 7) is 1.28. The average molecular weight is 347 g/mol. The minimum absolute atomic E-state index is 0.0336. The summed E-state index contributed by atoms with van der Waals surface area (Å²) in [4.78, 5) is 3.65. The number of piperidine rings is 1. The predicted molar refractivity (Wildman–Crippen MR) is 79.0 cm³/mol. The lowest BCUT2D eigenvalue weighted by Gasteiger charge is -2.26. The van der Waals surface area contributed by atoms with Gasteiger partial charge in [-0.25, -0.2) is 13.4 Å². The highest BCUT2D eigenvalue weighted by Gasteiger charge is 2.39. The van der Waals surface area contributed by atoms with Gasteiger partial charge >= 0.3 is 6.18 Å². The lowest BCUT2D eigenvalue weighted by molar-refractivity contribution is -0.147. The van der Waals surface area contributed by atoms with Crippen LogP contribution in [0.5, 0.6) is 0 Å². The Bertz CT molecular complexity index is 837. The van der Waals surface area contributed by atoms with Crippen molar-refractivity contribution in [1.82, 2.24) is 14.9 Å². The first kappa shape index (κ1) is 16.3. The van der Waals surface area contributed by atoms with Crippen molar-refractivity contribution in [3.63, 3.8) is 0 Å². The molecular weight excluding hydrogens is 331 g/mol. The van der Waals surface area contributed by atoms with E-state index in [0.717, 1.165) is 6.26 Å². The molecule has 0 saturated carbocycles. The van der Waals surface area contributed by atoms with E-state index in [-0.39, 0.29) is 16.5 Å². The molecule has 0 bridgehead atoms. The molecule has 0 amide bonds. The maximum absolute atomic E-state index is 13.4. The number of sulfone groups is 1. The maximum atomic E-state index is 13.4. The third-order valence-electron chi connectivity index (χ3n) is 4.02. The molecule has 1 aliphatic heterocycles. The van der Waals surface area contributed by atoms with E-state index < -0.39 is 21.8 Å². The van der Waals surface area contributed by atoms with Crippen molar-refractivity contribution in [3.8, 4) is 0 Å². The highest BCUT2D eigenvalue weighted by atomic mass is 32.2. The summed E-state index contributed by atoms with van der Waals surface area (Å²) in [5.74, 6) is -0.968. The largest absolute Gasteiger partial charge is 0.449 e. The zero-order valence-electron chi connectivity index (χ0n) is 12.4. The number of fused-ring (bicyclic) bond motifs is 1. The molecule has 1 aliphatic rings. The Morgan fingerprint density at radius 1 is 1.26 bits per heavy atom. The second-order valence-corrected chi connectivity index (χ2v) is 7.72. The van der Waals surface area contributed by atoms with Gasteiger partial charge in [0.05, 0.1) is 15.9 Å². The average Bonchev–Trinajstić information content (AvgIpc) is 2.86. The van der Waals surface area contributed by atoms with Crippen LogP contribution in [-0.4, -0.2) is 37.3 Å². The van der Waals surface area contributed by atoms with Crippen LogP contribution < -0.4 is 5.32 Å². The van der Waals surface area contributed by atoms with Gasteiger partial charge in [-0.2, -0.15) is 13.2 Å². The molecule has 0 aliphatic carbocycles. The molecule has 1 N–H and O–H groups in total. The first-order valence-corrected chi connectivity index (χ1v) is 9.07. The van der Waals surface area contributed by atoms with Gasteiger partial charge in [-0.05, 0) is 44.1 Å². The van der Waals surface area contributed by atoms with E-state index in [9.17, 15) is 21.6 Å². The van der Waals surface area contributed by atoms with E-state index in [1.54, 1.807) is 0 Å². The fraction of sp³-hybridized carbons (Fsp3) is 0.500. The highest BCUT2D eigenvalue weighted by Crippen LogP contribution is 2.36. The summed E-state index contributed by atoms with van der Waals surface area (Å²) in [5.41, 5.74) is 0.371. The smallest absolute Gasteiger partial charge is 0.317 e. The number of aromatic nitrogens is 2. The number of alkyl halides is 3. The Morgan fingerprint density at radius 2 is 1.91 bits per heavy atom. The van der Waals surface area contributed by atoms with Gasteiger partial charge in [0.25, 0.3) is 0 Å². The van der Waals surface area contributed by atoms with E-state index >= 15 is 0 Å². The van der Waals surface area contributed by atoms with Gasteiger partial charge in [-0.1, -0.05) is 0 Å². The molecule has 126 valence electrons. The van der Waals surface area contributed by atoms with Gasteiger partial charge in [0.2, 0.25) is 5.82 Å². The molecule has 1 fully saturated rings. The molecule has 1 aromatic carbocycles. The third-order valence-corrected chi connectivity index (χ3v) is 5.13. The number of nitrogens with one attached hydrogen (secondary N) is 1. The Morgan fingerprint density at radius 3 is 2.48 bits per heavy atom. The van der Waals surface area contributed by atoms with E-state index in [2.05, 4.69) is 10.3 Å². The van der Waals surface area contributed by atoms with Crippen molar-refractivity contribution in [2.24, 2.45) is 0 Å². The molecule has 0 atom stereocenters. The molecule has 1 saturated heterocycles. The second-order valence-electron chi connectivity index (χ2n) is 5.71. The number of benzene rings is 1. The minimum atomic E-state index is -4.59.